The van der Waals surface area contributed by atoms with Gasteiger partial charge in [-0.2, -0.15) is 4.98 Å². The van der Waals surface area contributed by atoms with E-state index in [1.807, 2.05) is 43.3 Å². The van der Waals surface area contributed by atoms with Gasteiger partial charge in [0.15, 0.2) is 5.78 Å². The average Bonchev–Trinajstić information content (AvgIpc) is 3.13. The average molecular weight is 748 g/mol. The highest BCUT2D eigenvalue weighted by molar-refractivity contribution is 6.41. The van der Waals surface area contributed by atoms with Crippen LogP contribution in [0, 0.1) is 5.92 Å². The van der Waals surface area contributed by atoms with E-state index in [1.54, 1.807) is 29.0 Å². The molecule has 0 radical (unpaired) electrons. The molecule has 1 amide bonds. The van der Waals surface area contributed by atoms with Gasteiger partial charge in [-0.05, 0) is 69.1 Å². The first kappa shape index (κ1) is 38.5. The lowest BCUT2D eigenvalue weighted by atomic mass is 9.81. The Morgan fingerprint density at radius 3 is 2.40 bits per heavy atom. The van der Waals surface area contributed by atoms with Crippen molar-refractivity contribution in [2.75, 3.05) is 45.5 Å². The Kier molecular flexibility index (Phi) is 13.1. The third-order valence-corrected chi connectivity index (χ3v) is 9.92. The summed E-state index contributed by atoms with van der Waals surface area (Å²) in [6.45, 7) is 4.55. The molecule has 274 valence electrons. The van der Waals surface area contributed by atoms with Crippen LogP contribution in [0.1, 0.15) is 37.7 Å². The number of hydrogen-bond donors (Lipinski definition) is 2. The number of likely N-dealkylation sites (N-methyl/N-ethyl adjacent to an activating group) is 1. The molecule has 5 rings (SSSR count). The van der Waals surface area contributed by atoms with Gasteiger partial charge in [-0.3, -0.25) is 19.0 Å². The van der Waals surface area contributed by atoms with Crippen LogP contribution in [-0.2, 0) is 22.6 Å². The molecule has 1 aliphatic carbocycles. The Hall–Kier alpha value is -4.71. The number of carbonyl (C=O) groups excluding carboxylic acids is 2. The number of ether oxygens (including phenoxy) is 2. The molecule has 1 saturated carbocycles. The number of amides is 1. The van der Waals surface area contributed by atoms with Gasteiger partial charge in [0.1, 0.15) is 17.1 Å². The second-order valence-electron chi connectivity index (χ2n) is 13.0. The summed E-state index contributed by atoms with van der Waals surface area (Å²) in [6, 6.07) is 10.7. The minimum atomic E-state index is -0.364. The number of fused-ring (bicyclic) bond motifs is 1. The number of rotatable bonds is 15. The molecule has 2 N–H and O–H groups in total. The summed E-state index contributed by atoms with van der Waals surface area (Å²) in [7, 11) is 6.81. The van der Waals surface area contributed by atoms with E-state index in [4.69, 9.17) is 37.7 Å². The zero-order valence-corrected chi connectivity index (χ0v) is 31.4. The smallest absolute Gasteiger partial charge is 0.260 e. The van der Waals surface area contributed by atoms with E-state index in [-0.39, 0.29) is 56.9 Å². The van der Waals surface area contributed by atoms with Crippen molar-refractivity contribution < 1.29 is 19.1 Å². The Balaban J connectivity index is 1.51. The van der Waals surface area contributed by atoms with Gasteiger partial charge in [-0.1, -0.05) is 60.8 Å². The maximum atomic E-state index is 14.5. The van der Waals surface area contributed by atoms with Crippen LogP contribution in [0.15, 0.2) is 72.2 Å². The summed E-state index contributed by atoms with van der Waals surface area (Å²) in [6.07, 6.45) is 11.1. The Morgan fingerprint density at radius 2 is 1.75 bits per heavy atom. The van der Waals surface area contributed by atoms with Crippen LogP contribution in [0.25, 0.3) is 22.2 Å². The Labute approximate surface area is 313 Å². The summed E-state index contributed by atoms with van der Waals surface area (Å²) >= 11 is 13.6. The number of aromatic nitrogens is 3. The summed E-state index contributed by atoms with van der Waals surface area (Å²) < 4.78 is 12.6. The van der Waals surface area contributed by atoms with Crippen molar-refractivity contribution in [1.29, 1.82) is 0 Å². The first-order valence-electron chi connectivity index (χ1n) is 17.2. The fourth-order valence-corrected chi connectivity index (χ4v) is 7.14. The number of nitrogens with zero attached hydrogens (tertiary/aromatic N) is 4. The molecule has 0 spiro atoms. The second-order valence-corrected chi connectivity index (χ2v) is 13.8. The summed E-state index contributed by atoms with van der Waals surface area (Å²) in [5, 5.41) is 7.27. The number of methoxy groups -OCH3 is 2. The van der Waals surface area contributed by atoms with Gasteiger partial charge in [-0.25, -0.2) is 4.98 Å². The molecule has 52 heavy (non-hydrogen) atoms. The summed E-state index contributed by atoms with van der Waals surface area (Å²) in [4.78, 5) is 50.6. The summed E-state index contributed by atoms with van der Waals surface area (Å²) in [5.74, 6) is 0.895. The van der Waals surface area contributed by atoms with Gasteiger partial charge in [-0.15, -0.1) is 0 Å². The number of hydrogen-bond acceptors (Lipinski definition) is 9. The highest BCUT2D eigenvalue weighted by Gasteiger charge is 2.28. The molecule has 0 saturated heterocycles. The van der Waals surface area contributed by atoms with Crippen LogP contribution in [0.4, 0.5) is 11.6 Å². The second kappa shape index (κ2) is 17.7. The van der Waals surface area contributed by atoms with Gasteiger partial charge in [0.05, 0.1) is 29.8 Å². The predicted molar refractivity (Wildman–Crippen MR) is 208 cm³/mol. The van der Waals surface area contributed by atoms with Crippen LogP contribution in [-0.4, -0.2) is 72.0 Å². The molecule has 11 nitrogen and oxygen atoms in total. The van der Waals surface area contributed by atoms with E-state index in [9.17, 15) is 14.4 Å². The number of anilines is 2. The van der Waals surface area contributed by atoms with E-state index in [0.29, 0.717) is 53.6 Å². The minimum absolute atomic E-state index is 0.00103. The largest absolute Gasteiger partial charge is 0.495 e. The highest BCUT2D eigenvalue weighted by Crippen LogP contribution is 2.45. The van der Waals surface area contributed by atoms with E-state index >= 15 is 0 Å². The first-order valence-corrected chi connectivity index (χ1v) is 17.9. The number of benzene rings is 2. The number of carbonyl (C=O) groups is 2. The molecule has 0 bridgehead atoms. The van der Waals surface area contributed by atoms with Crippen molar-refractivity contribution in [3.63, 3.8) is 0 Å². The van der Waals surface area contributed by atoms with Gasteiger partial charge in [0, 0.05) is 60.5 Å². The molecule has 13 heteroatoms. The van der Waals surface area contributed by atoms with E-state index in [1.165, 1.54) is 26.4 Å². The van der Waals surface area contributed by atoms with Crippen LogP contribution in [0.2, 0.25) is 10.0 Å². The zero-order valence-electron chi connectivity index (χ0n) is 29.9. The van der Waals surface area contributed by atoms with Crippen molar-refractivity contribution in [2.45, 2.75) is 51.1 Å². The fourth-order valence-electron chi connectivity index (χ4n) is 6.44. The van der Waals surface area contributed by atoms with E-state index < -0.39 is 0 Å². The third-order valence-electron chi connectivity index (χ3n) is 9.17. The van der Waals surface area contributed by atoms with Gasteiger partial charge in [0.25, 0.3) is 5.56 Å². The van der Waals surface area contributed by atoms with Crippen molar-refractivity contribution in [3.8, 4) is 22.6 Å². The lowest BCUT2D eigenvalue weighted by Crippen LogP contribution is -2.34. The third kappa shape index (κ3) is 9.20. The van der Waals surface area contributed by atoms with Crippen LogP contribution >= 0.6 is 23.2 Å². The number of ketones is 1. The predicted octanol–water partition coefficient (Wildman–Crippen LogP) is 7.20. The van der Waals surface area contributed by atoms with Crippen LogP contribution in [0.5, 0.6) is 11.5 Å². The number of halogens is 2. The van der Waals surface area contributed by atoms with Crippen LogP contribution < -0.4 is 25.7 Å². The molecule has 2 unspecified atom stereocenters. The standard InChI is InChI=1S/C39H44Cl2N6O5/c1-6-28(48)20-25-10-7-8-11-30(25)44-39-42-23-26-21-29(34-35(40)31(51-4)22-32(52-5)36(34)41)38(50)47(37(26)45-39)19-17-24-13-15-27(16-14-24)43-33(49)12-9-18-46(2)3/h6,9,12-16,21-23,25,30H,1,7-8,10-11,17-20H2,2-5H3,(H,43,49)(H,42,44,45)/b12-9+. The lowest BCUT2D eigenvalue weighted by Gasteiger charge is -2.31. The summed E-state index contributed by atoms with van der Waals surface area (Å²) in [5.41, 5.74) is 2.17. The molecular weight excluding hydrogens is 703 g/mol. The minimum Gasteiger partial charge on any atom is -0.495 e. The maximum absolute atomic E-state index is 14.5. The fraction of sp³-hybridized carbons (Fsp3) is 0.359. The monoisotopic (exact) mass is 746 g/mol. The van der Waals surface area contributed by atoms with E-state index in [0.717, 1.165) is 31.2 Å². The number of allylic oxidation sites excluding steroid dienone is 1. The van der Waals surface area contributed by atoms with Crippen molar-refractivity contribution in [1.82, 2.24) is 19.4 Å². The molecule has 0 aliphatic heterocycles. The molecule has 2 atom stereocenters. The first-order chi connectivity index (χ1) is 25.0. The van der Waals surface area contributed by atoms with Crippen LogP contribution in [0.3, 0.4) is 0 Å². The van der Waals surface area contributed by atoms with E-state index in [2.05, 4.69) is 22.2 Å². The normalized spacial score (nSPS) is 15.9. The molecule has 4 aromatic rings. The van der Waals surface area contributed by atoms with Gasteiger partial charge < -0.3 is 25.0 Å². The Morgan fingerprint density at radius 1 is 1.06 bits per heavy atom. The molecule has 1 aliphatic rings. The zero-order chi connectivity index (χ0) is 37.4. The lowest BCUT2D eigenvalue weighted by molar-refractivity contribution is -0.115. The Bertz CT molecular complexity index is 2000. The quantitative estimate of drug-likeness (QED) is 0.122. The molecular formula is C39H44Cl2N6O5. The molecule has 2 aromatic carbocycles. The molecule has 2 heterocycles. The van der Waals surface area contributed by atoms with Crippen molar-refractivity contribution in [3.05, 3.63) is 93.4 Å². The SMILES string of the molecule is C=CC(=O)CC1CCCCC1Nc1ncc2cc(-c3c(Cl)c(OC)cc(OC)c3Cl)c(=O)n(CCc3ccc(NC(=O)/C=C/CN(C)C)cc3)c2n1. The maximum Gasteiger partial charge on any atom is 0.260 e. The van der Waals surface area contributed by atoms with Gasteiger partial charge >= 0.3 is 0 Å². The molecule has 1 fully saturated rings. The number of nitrogens with one attached hydrogen (secondary N) is 2. The highest BCUT2D eigenvalue weighted by atomic mass is 35.5. The van der Waals surface area contributed by atoms with Crippen molar-refractivity contribution >= 4 is 57.6 Å². The number of pyridine rings is 1. The number of aryl methyl sites for hydroxylation is 2. The van der Waals surface area contributed by atoms with Gasteiger partial charge in [0.2, 0.25) is 11.9 Å². The van der Waals surface area contributed by atoms with Crippen molar-refractivity contribution in [2.24, 2.45) is 5.92 Å². The molecule has 2 aromatic heterocycles. The topological polar surface area (TPSA) is 128 Å².